The molecule has 1 N–H and O–H groups in total. The van der Waals surface area contributed by atoms with Gasteiger partial charge in [0.15, 0.2) is 5.78 Å². The number of rotatable bonds is 10. The van der Waals surface area contributed by atoms with Gasteiger partial charge in [-0.2, -0.15) is 4.31 Å². The number of aryl methyl sites for hydroxylation is 1. The Bertz CT molecular complexity index is 1820. The normalized spacial score (nSPS) is 14.2. The molecule has 0 amide bonds. The van der Waals surface area contributed by atoms with Crippen molar-refractivity contribution in [1.29, 1.82) is 0 Å². The summed E-state index contributed by atoms with van der Waals surface area (Å²) in [5.41, 5.74) is 7.39. The Labute approximate surface area is 258 Å². The van der Waals surface area contributed by atoms with Crippen LogP contribution in [0.25, 0.3) is 33.4 Å². The van der Waals surface area contributed by atoms with E-state index in [0.29, 0.717) is 37.4 Å². The fourth-order valence-electron chi connectivity index (χ4n) is 5.50. The van der Waals surface area contributed by atoms with Gasteiger partial charge in [-0.1, -0.05) is 36.9 Å². The van der Waals surface area contributed by atoms with Crippen LogP contribution in [0.2, 0.25) is 0 Å². The second kappa shape index (κ2) is 12.8. The van der Waals surface area contributed by atoms with Crippen molar-refractivity contribution >= 4 is 38.5 Å². The van der Waals surface area contributed by atoms with Gasteiger partial charge in [-0.25, -0.2) is 18.2 Å². The molecule has 0 spiro atoms. The van der Waals surface area contributed by atoms with Gasteiger partial charge in [-0.15, -0.1) is 0 Å². The van der Waals surface area contributed by atoms with E-state index in [-0.39, 0.29) is 24.1 Å². The number of carbonyl (C=O) groups is 2. The maximum absolute atomic E-state index is 12.8. The molecule has 0 unspecified atom stereocenters. The Kier molecular flexibility index (Phi) is 9.03. The van der Waals surface area contributed by atoms with Crippen LogP contribution >= 0.6 is 0 Å². The highest BCUT2D eigenvalue weighted by Gasteiger charge is 2.26. The molecule has 3 heterocycles. The highest BCUT2D eigenvalue weighted by molar-refractivity contribution is 7.89. The van der Waals surface area contributed by atoms with Gasteiger partial charge in [0.05, 0.1) is 23.1 Å². The van der Waals surface area contributed by atoms with Crippen LogP contribution < -0.4 is 4.90 Å². The predicted molar refractivity (Wildman–Crippen MR) is 174 cm³/mol. The van der Waals surface area contributed by atoms with Crippen molar-refractivity contribution in [2.75, 3.05) is 36.8 Å². The van der Waals surface area contributed by atoms with Gasteiger partial charge in [0.1, 0.15) is 5.65 Å². The van der Waals surface area contributed by atoms with E-state index in [0.717, 1.165) is 44.6 Å². The van der Waals surface area contributed by atoms with Crippen LogP contribution in [0.3, 0.4) is 0 Å². The number of ketones is 1. The number of esters is 1. The van der Waals surface area contributed by atoms with Crippen LogP contribution in [0.15, 0.2) is 67.4 Å². The summed E-state index contributed by atoms with van der Waals surface area (Å²) in [6, 6.07) is 16.0. The van der Waals surface area contributed by atoms with Crippen LogP contribution in [0.1, 0.15) is 42.3 Å². The number of hydrogen-bond donors (Lipinski definition) is 1. The second-order valence-corrected chi connectivity index (χ2v) is 13.5. The molecule has 1 saturated heterocycles. The maximum atomic E-state index is 12.8. The van der Waals surface area contributed by atoms with Crippen molar-refractivity contribution in [2.45, 2.75) is 40.2 Å². The third-order valence-electron chi connectivity index (χ3n) is 7.98. The molecule has 1 fully saturated rings. The molecule has 9 nitrogen and oxygen atoms in total. The lowest BCUT2D eigenvalue weighted by atomic mass is 9.93. The number of benzene rings is 2. The second-order valence-electron chi connectivity index (χ2n) is 11.3. The van der Waals surface area contributed by atoms with Gasteiger partial charge in [-0.05, 0) is 74.2 Å². The van der Waals surface area contributed by atoms with Gasteiger partial charge in [0, 0.05) is 55.4 Å². The summed E-state index contributed by atoms with van der Waals surface area (Å²) in [6.07, 6.45) is 2.83. The van der Waals surface area contributed by atoms with E-state index >= 15 is 0 Å². The lowest BCUT2D eigenvalue weighted by Crippen LogP contribution is -2.49. The average molecular weight is 615 g/mol. The molecule has 0 saturated carbocycles. The number of sulfonamides is 1. The molecule has 0 aliphatic carbocycles. The number of pyridine rings is 1. The zero-order chi connectivity index (χ0) is 31.6. The van der Waals surface area contributed by atoms with E-state index in [1.54, 1.807) is 31.1 Å². The molecule has 1 aliphatic heterocycles. The van der Waals surface area contributed by atoms with Crippen molar-refractivity contribution in [3.05, 3.63) is 84.1 Å². The van der Waals surface area contributed by atoms with Crippen LogP contribution in [0.4, 0.5) is 5.69 Å². The molecule has 2 aromatic carbocycles. The Morgan fingerprint density at radius 3 is 2.36 bits per heavy atom. The van der Waals surface area contributed by atoms with E-state index in [1.165, 1.54) is 12.3 Å². The van der Waals surface area contributed by atoms with Crippen molar-refractivity contribution < 1.29 is 22.7 Å². The van der Waals surface area contributed by atoms with E-state index in [1.807, 2.05) is 49.4 Å². The summed E-state index contributed by atoms with van der Waals surface area (Å²) in [5.74, 6) is -0.398. The van der Waals surface area contributed by atoms with Crippen molar-refractivity contribution in [3.8, 4) is 22.4 Å². The Hall–Kier alpha value is -4.28. The zero-order valence-electron chi connectivity index (χ0n) is 25.6. The molecule has 0 atom stereocenters. The van der Waals surface area contributed by atoms with Gasteiger partial charge in [0.25, 0.3) is 0 Å². The van der Waals surface area contributed by atoms with Gasteiger partial charge < -0.3 is 14.6 Å². The number of piperazine rings is 1. The van der Waals surface area contributed by atoms with E-state index in [2.05, 4.69) is 21.4 Å². The third-order valence-corrected chi connectivity index (χ3v) is 9.86. The Morgan fingerprint density at radius 1 is 1.05 bits per heavy atom. The number of aromatic amines is 1. The number of ether oxygens (including phenoxy) is 1. The molecule has 0 radical (unpaired) electrons. The number of fused-ring (bicyclic) bond motifs is 1. The number of aromatic nitrogens is 2. The molecule has 0 bridgehead atoms. The van der Waals surface area contributed by atoms with E-state index < -0.39 is 16.0 Å². The first-order valence-electron chi connectivity index (χ1n) is 14.8. The van der Waals surface area contributed by atoms with Crippen LogP contribution in [-0.4, -0.2) is 72.5 Å². The van der Waals surface area contributed by atoms with Crippen molar-refractivity contribution in [3.63, 3.8) is 0 Å². The maximum Gasteiger partial charge on any atom is 0.339 e. The highest BCUT2D eigenvalue weighted by atomic mass is 32.2. The quantitative estimate of drug-likeness (QED) is 0.184. The number of H-pyrrole nitrogens is 1. The van der Waals surface area contributed by atoms with E-state index in [4.69, 9.17) is 4.74 Å². The summed E-state index contributed by atoms with van der Waals surface area (Å²) in [5, 5.41) is 0.764. The van der Waals surface area contributed by atoms with Crippen LogP contribution in [0, 0.1) is 6.92 Å². The summed E-state index contributed by atoms with van der Waals surface area (Å²) >= 11 is 0. The number of nitrogens with zero attached hydrogens (tertiary/aromatic N) is 3. The standard InChI is InChI=1S/C34H38N4O5S/c1-6-29(39)19-26-18-25(9-8-23(26)5)31-30-20-27(34(40)43-22(3)4)21-35-33(30)36-32(31)24-10-12-28(13-11-24)37-14-16-38(17-15-37)44(41,42)7-2/h6,8-13,18,20-22H,1,7,14-17,19H2,2-5H3,(H,35,36). The first-order valence-corrected chi connectivity index (χ1v) is 16.4. The number of nitrogens with one attached hydrogen (secondary N) is 1. The smallest absolute Gasteiger partial charge is 0.339 e. The highest BCUT2D eigenvalue weighted by Crippen LogP contribution is 2.39. The third kappa shape index (κ3) is 6.46. The SMILES string of the molecule is C=CC(=O)Cc1cc(-c2c(-c3ccc(N4CCN(S(=O)(=O)CC)CC4)cc3)[nH]c3ncc(C(=O)OC(C)C)cc23)ccc1C. The first kappa shape index (κ1) is 31.2. The van der Waals surface area contributed by atoms with E-state index in [9.17, 15) is 18.0 Å². The van der Waals surface area contributed by atoms with Gasteiger partial charge in [-0.3, -0.25) is 4.79 Å². The number of anilines is 1. The fraction of sp³-hybridized carbons (Fsp3) is 0.324. The molecular formula is C34H38N4O5S. The van der Waals surface area contributed by atoms with Crippen LogP contribution in [-0.2, 0) is 26.0 Å². The summed E-state index contributed by atoms with van der Waals surface area (Å²) < 4.78 is 31.6. The lowest BCUT2D eigenvalue weighted by molar-refractivity contribution is -0.114. The molecule has 4 aromatic rings. The first-order chi connectivity index (χ1) is 21.0. The monoisotopic (exact) mass is 614 g/mol. The Morgan fingerprint density at radius 2 is 1.73 bits per heavy atom. The van der Waals surface area contributed by atoms with Crippen LogP contribution in [0.5, 0.6) is 0 Å². The molecule has 44 heavy (non-hydrogen) atoms. The van der Waals surface area contributed by atoms with Crippen molar-refractivity contribution in [2.24, 2.45) is 0 Å². The van der Waals surface area contributed by atoms with Gasteiger partial charge in [0.2, 0.25) is 10.0 Å². The largest absolute Gasteiger partial charge is 0.459 e. The predicted octanol–water partition coefficient (Wildman–Crippen LogP) is 5.54. The zero-order valence-corrected chi connectivity index (χ0v) is 26.4. The number of hydrogen-bond acceptors (Lipinski definition) is 7. The lowest BCUT2D eigenvalue weighted by Gasteiger charge is -2.35. The summed E-state index contributed by atoms with van der Waals surface area (Å²) in [7, 11) is -3.20. The minimum Gasteiger partial charge on any atom is -0.459 e. The molecule has 5 rings (SSSR count). The van der Waals surface area contributed by atoms with Gasteiger partial charge >= 0.3 is 5.97 Å². The molecular weight excluding hydrogens is 576 g/mol. The molecule has 230 valence electrons. The Balaban J connectivity index is 1.55. The summed E-state index contributed by atoms with van der Waals surface area (Å²) in [6.45, 7) is 13.0. The minimum absolute atomic E-state index is 0.0616. The fourth-order valence-corrected chi connectivity index (χ4v) is 6.59. The molecule has 10 heteroatoms. The average Bonchev–Trinajstić information content (AvgIpc) is 3.40. The molecule has 1 aliphatic rings. The topological polar surface area (TPSA) is 113 Å². The molecule has 2 aromatic heterocycles. The minimum atomic E-state index is -3.20. The number of allylic oxidation sites excluding steroid dienone is 1. The number of carbonyl (C=O) groups excluding carboxylic acids is 2. The summed E-state index contributed by atoms with van der Waals surface area (Å²) in [4.78, 5) is 35.3. The van der Waals surface area contributed by atoms with Crippen molar-refractivity contribution in [1.82, 2.24) is 14.3 Å².